The first-order chi connectivity index (χ1) is 9.57. The molecule has 0 heterocycles. The molecule has 0 saturated heterocycles. The van der Waals surface area contributed by atoms with Crippen LogP contribution in [0.15, 0.2) is 12.1 Å². The standard InChI is InChI=1S/C15H20O5/c1-4-20-13-10(15(7-8-15)9-12(16)17)5-6-11(18-2)14(13)19-3/h5-6H,4,7-9H2,1-3H3,(H,16,17). The van der Waals surface area contributed by atoms with E-state index in [1.54, 1.807) is 20.3 Å². The molecule has 110 valence electrons. The Hall–Kier alpha value is -1.91. The van der Waals surface area contributed by atoms with E-state index < -0.39 is 5.97 Å². The summed E-state index contributed by atoms with van der Waals surface area (Å²) in [5, 5.41) is 9.10. The third kappa shape index (κ3) is 2.53. The molecule has 1 saturated carbocycles. The van der Waals surface area contributed by atoms with Gasteiger partial charge in [-0.1, -0.05) is 6.07 Å². The minimum atomic E-state index is -0.792. The smallest absolute Gasteiger partial charge is 0.304 e. The number of carboxylic acids is 1. The van der Waals surface area contributed by atoms with Crippen LogP contribution in [0, 0.1) is 0 Å². The molecule has 1 aromatic rings. The van der Waals surface area contributed by atoms with Crippen molar-refractivity contribution in [2.75, 3.05) is 20.8 Å². The lowest BCUT2D eigenvalue weighted by molar-refractivity contribution is -0.137. The van der Waals surface area contributed by atoms with E-state index >= 15 is 0 Å². The van der Waals surface area contributed by atoms with Crippen LogP contribution in [0.1, 0.15) is 31.7 Å². The number of hydrogen-bond donors (Lipinski definition) is 1. The first-order valence-electron chi connectivity index (χ1n) is 6.68. The van der Waals surface area contributed by atoms with Crippen molar-refractivity contribution < 1.29 is 24.1 Å². The Balaban J connectivity index is 2.50. The molecule has 20 heavy (non-hydrogen) atoms. The minimum absolute atomic E-state index is 0.114. The van der Waals surface area contributed by atoms with E-state index in [0.29, 0.717) is 23.9 Å². The number of carbonyl (C=O) groups is 1. The predicted octanol–water partition coefficient (Wildman–Crippen LogP) is 2.61. The third-order valence-electron chi connectivity index (χ3n) is 3.70. The number of carboxylic acid groups (broad SMARTS) is 1. The summed E-state index contributed by atoms with van der Waals surface area (Å²) in [5.41, 5.74) is 0.579. The summed E-state index contributed by atoms with van der Waals surface area (Å²) in [6.45, 7) is 2.37. The van der Waals surface area contributed by atoms with Crippen molar-refractivity contribution in [1.82, 2.24) is 0 Å². The van der Waals surface area contributed by atoms with Gasteiger partial charge in [-0.15, -0.1) is 0 Å². The van der Waals surface area contributed by atoms with Crippen molar-refractivity contribution in [2.24, 2.45) is 0 Å². The molecule has 1 aliphatic rings. The highest BCUT2D eigenvalue weighted by atomic mass is 16.5. The van der Waals surface area contributed by atoms with Gasteiger partial charge in [0, 0.05) is 11.0 Å². The van der Waals surface area contributed by atoms with E-state index in [2.05, 4.69) is 0 Å². The lowest BCUT2D eigenvalue weighted by Crippen LogP contribution is -2.15. The Morgan fingerprint density at radius 1 is 1.25 bits per heavy atom. The summed E-state index contributed by atoms with van der Waals surface area (Å²) in [7, 11) is 3.12. The van der Waals surface area contributed by atoms with Crippen LogP contribution < -0.4 is 14.2 Å². The quantitative estimate of drug-likeness (QED) is 0.831. The van der Waals surface area contributed by atoms with Gasteiger partial charge >= 0.3 is 5.97 Å². The summed E-state index contributed by atoms with van der Waals surface area (Å²) in [6.07, 6.45) is 1.83. The van der Waals surface area contributed by atoms with Crippen LogP contribution in [0.2, 0.25) is 0 Å². The summed E-state index contributed by atoms with van der Waals surface area (Å²) in [6, 6.07) is 3.70. The van der Waals surface area contributed by atoms with Gasteiger partial charge in [0.2, 0.25) is 5.75 Å². The van der Waals surface area contributed by atoms with E-state index in [0.717, 1.165) is 18.4 Å². The van der Waals surface area contributed by atoms with Crippen LogP contribution in [0.5, 0.6) is 17.2 Å². The second-order valence-corrected chi connectivity index (χ2v) is 4.96. The molecule has 0 aliphatic heterocycles. The third-order valence-corrected chi connectivity index (χ3v) is 3.70. The van der Waals surface area contributed by atoms with Crippen LogP contribution in [0.4, 0.5) is 0 Å². The van der Waals surface area contributed by atoms with Gasteiger partial charge in [-0.2, -0.15) is 0 Å². The zero-order chi connectivity index (χ0) is 14.8. The van der Waals surface area contributed by atoms with Crippen LogP contribution >= 0.6 is 0 Å². The summed E-state index contributed by atoms with van der Waals surface area (Å²) in [4.78, 5) is 11.1. The van der Waals surface area contributed by atoms with Gasteiger partial charge < -0.3 is 19.3 Å². The van der Waals surface area contributed by atoms with Crippen molar-refractivity contribution in [3.8, 4) is 17.2 Å². The molecule has 5 heteroatoms. The average Bonchev–Trinajstić information content (AvgIpc) is 3.18. The van der Waals surface area contributed by atoms with E-state index in [4.69, 9.17) is 19.3 Å². The molecule has 1 N–H and O–H groups in total. The summed E-state index contributed by atoms with van der Waals surface area (Å²) < 4.78 is 16.4. The molecule has 0 bridgehead atoms. The molecule has 2 rings (SSSR count). The maximum atomic E-state index is 11.1. The van der Waals surface area contributed by atoms with Crippen molar-refractivity contribution in [3.05, 3.63) is 17.7 Å². The van der Waals surface area contributed by atoms with E-state index in [1.807, 2.05) is 13.0 Å². The van der Waals surface area contributed by atoms with Gasteiger partial charge in [0.25, 0.3) is 0 Å². The molecule has 0 amide bonds. The molecule has 0 aromatic heterocycles. The highest BCUT2D eigenvalue weighted by Gasteiger charge is 2.48. The van der Waals surface area contributed by atoms with Crippen molar-refractivity contribution in [2.45, 2.75) is 31.6 Å². The molecule has 1 aliphatic carbocycles. The number of ether oxygens (including phenoxy) is 3. The fourth-order valence-corrected chi connectivity index (χ4v) is 2.59. The number of benzene rings is 1. The van der Waals surface area contributed by atoms with Crippen LogP contribution in [0.3, 0.4) is 0 Å². The Labute approximate surface area is 118 Å². The highest BCUT2D eigenvalue weighted by Crippen LogP contribution is 2.57. The zero-order valence-electron chi connectivity index (χ0n) is 12.1. The molecule has 0 atom stereocenters. The average molecular weight is 280 g/mol. The largest absolute Gasteiger partial charge is 0.493 e. The van der Waals surface area contributed by atoms with Crippen molar-refractivity contribution in [3.63, 3.8) is 0 Å². The maximum absolute atomic E-state index is 11.1. The van der Waals surface area contributed by atoms with Crippen LogP contribution in [-0.4, -0.2) is 31.9 Å². The highest BCUT2D eigenvalue weighted by molar-refractivity contribution is 5.71. The minimum Gasteiger partial charge on any atom is -0.493 e. The Morgan fingerprint density at radius 2 is 1.95 bits per heavy atom. The number of aliphatic carboxylic acids is 1. The Bertz CT molecular complexity index is 505. The molecule has 0 unspecified atom stereocenters. The van der Waals surface area contributed by atoms with Crippen LogP contribution in [-0.2, 0) is 10.2 Å². The molecule has 5 nitrogen and oxygen atoms in total. The van der Waals surface area contributed by atoms with Gasteiger partial charge in [0.1, 0.15) is 0 Å². The van der Waals surface area contributed by atoms with E-state index in [9.17, 15) is 4.79 Å². The summed E-state index contributed by atoms with van der Waals surface area (Å²) >= 11 is 0. The van der Waals surface area contributed by atoms with Crippen molar-refractivity contribution in [1.29, 1.82) is 0 Å². The monoisotopic (exact) mass is 280 g/mol. The Kier molecular flexibility index (Phi) is 4.06. The molecule has 0 radical (unpaired) electrons. The zero-order valence-corrected chi connectivity index (χ0v) is 12.1. The number of hydrogen-bond acceptors (Lipinski definition) is 4. The van der Waals surface area contributed by atoms with Gasteiger partial charge in [-0.05, 0) is 25.8 Å². The first-order valence-corrected chi connectivity index (χ1v) is 6.68. The first kappa shape index (κ1) is 14.5. The normalized spacial score (nSPS) is 15.6. The summed E-state index contributed by atoms with van der Waals surface area (Å²) in [5.74, 6) is 0.933. The van der Waals surface area contributed by atoms with Gasteiger partial charge in [0.05, 0.1) is 27.2 Å². The molecule has 0 spiro atoms. The van der Waals surface area contributed by atoms with E-state index in [1.165, 1.54) is 0 Å². The van der Waals surface area contributed by atoms with Gasteiger partial charge in [0.15, 0.2) is 11.5 Å². The lowest BCUT2D eigenvalue weighted by Gasteiger charge is -2.21. The number of rotatable bonds is 7. The maximum Gasteiger partial charge on any atom is 0.304 e. The van der Waals surface area contributed by atoms with Gasteiger partial charge in [-0.25, -0.2) is 0 Å². The molecular formula is C15H20O5. The SMILES string of the molecule is CCOc1c(C2(CC(=O)O)CC2)ccc(OC)c1OC. The Morgan fingerprint density at radius 3 is 2.40 bits per heavy atom. The topological polar surface area (TPSA) is 65.0 Å². The predicted molar refractivity (Wildman–Crippen MR) is 73.9 cm³/mol. The molecule has 1 aromatic carbocycles. The van der Waals surface area contributed by atoms with Crippen molar-refractivity contribution >= 4 is 5.97 Å². The van der Waals surface area contributed by atoms with Gasteiger partial charge in [-0.3, -0.25) is 4.79 Å². The number of methoxy groups -OCH3 is 2. The van der Waals surface area contributed by atoms with E-state index in [-0.39, 0.29) is 11.8 Å². The molecular weight excluding hydrogens is 260 g/mol. The fraction of sp³-hybridized carbons (Fsp3) is 0.533. The van der Waals surface area contributed by atoms with Crippen LogP contribution in [0.25, 0.3) is 0 Å². The fourth-order valence-electron chi connectivity index (χ4n) is 2.59. The second-order valence-electron chi connectivity index (χ2n) is 4.96. The second kappa shape index (κ2) is 5.61. The lowest BCUT2D eigenvalue weighted by atomic mass is 9.91. The molecule has 1 fully saturated rings.